The fourth-order valence-electron chi connectivity index (χ4n) is 2.83. The molecule has 2 aromatic rings. The number of benzene rings is 2. The highest BCUT2D eigenvalue weighted by Gasteiger charge is 2.17. The van der Waals surface area contributed by atoms with E-state index in [4.69, 9.17) is 4.99 Å². The molecule has 0 saturated heterocycles. The van der Waals surface area contributed by atoms with Crippen LogP contribution in [0.3, 0.4) is 0 Å². The minimum Gasteiger partial charge on any atom is -0.247 e. The van der Waals surface area contributed by atoms with Gasteiger partial charge in [0, 0.05) is 16.0 Å². The zero-order valence-electron chi connectivity index (χ0n) is 10.5. The van der Waals surface area contributed by atoms with Gasteiger partial charge in [0.05, 0.1) is 11.1 Å². The Hall–Kier alpha value is -2.15. The summed E-state index contributed by atoms with van der Waals surface area (Å²) in [6.07, 6.45) is 2.29. The molecular formula is C17H13N. The number of aryl methyl sites for hydroxylation is 1. The molecule has 0 N–H and O–H groups in total. The van der Waals surface area contributed by atoms with Gasteiger partial charge in [-0.15, -0.1) is 0 Å². The van der Waals surface area contributed by atoms with Crippen LogP contribution < -0.4 is 21.0 Å². The van der Waals surface area contributed by atoms with Crippen molar-refractivity contribution in [2.45, 2.75) is 13.8 Å². The largest absolute Gasteiger partial charge is 0.247 e. The monoisotopic (exact) mass is 231 g/mol. The molecule has 0 saturated carbocycles. The van der Waals surface area contributed by atoms with Crippen LogP contribution in [-0.4, -0.2) is 0 Å². The van der Waals surface area contributed by atoms with E-state index >= 15 is 0 Å². The van der Waals surface area contributed by atoms with E-state index in [-0.39, 0.29) is 0 Å². The highest BCUT2D eigenvalue weighted by Crippen LogP contribution is 2.18. The fourth-order valence-corrected chi connectivity index (χ4v) is 2.83. The van der Waals surface area contributed by atoms with Gasteiger partial charge < -0.3 is 0 Å². The Morgan fingerprint density at radius 1 is 0.889 bits per heavy atom. The van der Waals surface area contributed by atoms with Crippen molar-refractivity contribution in [2.24, 2.45) is 4.99 Å². The predicted octanol–water partition coefficient (Wildman–Crippen LogP) is 0.690. The summed E-state index contributed by atoms with van der Waals surface area (Å²) in [6.45, 7) is 4.36. The molecular weight excluding hydrogens is 218 g/mol. The van der Waals surface area contributed by atoms with Gasteiger partial charge in [-0.1, -0.05) is 30.3 Å². The third kappa shape index (κ3) is 1.09. The van der Waals surface area contributed by atoms with Gasteiger partial charge in [-0.2, -0.15) is 0 Å². The maximum atomic E-state index is 4.77. The van der Waals surface area contributed by atoms with E-state index in [9.17, 15) is 0 Å². The van der Waals surface area contributed by atoms with Gasteiger partial charge in [0.25, 0.3) is 0 Å². The predicted molar refractivity (Wildman–Crippen MR) is 73.7 cm³/mol. The summed E-state index contributed by atoms with van der Waals surface area (Å²) in [7, 11) is 0. The average molecular weight is 231 g/mol. The Labute approximate surface area is 105 Å². The van der Waals surface area contributed by atoms with Crippen LogP contribution in [0.2, 0.25) is 0 Å². The molecule has 1 nitrogen and oxygen atoms in total. The summed E-state index contributed by atoms with van der Waals surface area (Å²) in [5, 5.41) is 4.99. The van der Waals surface area contributed by atoms with Crippen molar-refractivity contribution in [3.63, 3.8) is 0 Å². The van der Waals surface area contributed by atoms with Crippen LogP contribution in [0.5, 0.6) is 0 Å². The van der Waals surface area contributed by atoms with Crippen LogP contribution in [-0.2, 0) is 0 Å². The van der Waals surface area contributed by atoms with Crippen molar-refractivity contribution in [1.82, 2.24) is 0 Å². The molecule has 1 heteroatoms. The van der Waals surface area contributed by atoms with Crippen LogP contribution in [0.4, 0.5) is 0 Å². The molecule has 18 heavy (non-hydrogen) atoms. The van der Waals surface area contributed by atoms with Crippen molar-refractivity contribution in [2.75, 3.05) is 0 Å². The van der Waals surface area contributed by atoms with E-state index in [0.717, 1.165) is 11.1 Å². The summed E-state index contributed by atoms with van der Waals surface area (Å²) < 4.78 is 0. The first kappa shape index (κ1) is 9.84. The Kier molecular flexibility index (Phi) is 1.75. The maximum Gasteiger partial charge on any atom is 0.0794 e. The fraction of sp³-hybridized carbons (Fsp3) is 0.118. The lowest BCUT2D eigenvalue weighted by Gasteiger charge is -1.98. The molecule has 2 aromatic carbocycles. The number of nitrogens with zero attached hydrogens (tertiary/aromatic N) is 1. The normalized spacial score (nSPS) is 14.8. The smallest absolute Gasteiger partial charge is 0.0794 e. The van der Waals surface area contributed by atoms with Gasteiger partial charge in [0.1, 0.15) is 0 Å². The lowest BCUT2D eigenvalue weighted by atomic mass is 10.1. The summed E-state index contributed by atoms with van der Waals surface area (Å²) >= 11 is 0. The van der Waals surface area contributed by atoms with Crippen LogP contribution in [0.15, 0.2) is 41.4 Å². The van der Waals surface area contributed by atoms with E-state index in [1.54, 1.807) is 0 Å². The van der Waals surface area contributed by atoms with Crippen LogP contribution in [0.25, 0.3) is 17.3 Å². The maximum absolute atomic E-state index is 4.77. The molecule has 0 aromatic heterocycles. The van der Waals surface area contributed by atoms with Crippen molar-refractivity contribution in [3.8, 4) is 0 Å². The SMILES string of the molecule is Cc1ccc2c(c1C)=CC1=c3ccccc3=NC=21. The quantitative estimate of drug-likeness (QED) is 0.632. The molecule has 2 aliphatic rings. The third-order valence-electron chi connectivity index (χ3n) is 4.01. The van der Waals surface area contributed by atoms with E-state index in [1.807, 2.05) is 6.07 Å². The van der Waals surface area contributed by atoms with E-state index in [1.165, 1.54) is 32.4 Å². The van der Waals surface area contributed by atoms with Crippen molar-refractivity contribution < 1.29 is 0 Å². The van der Waals surface area contributed by atoms with Gasteiger partial charge >= 0.3 is 0 Å². The topological polar surface area (TPSA) is 12.4 Å². The first-order chi connectivity index (χ1) is 8.75. The van der Waals surface area contributed by atoms with Crippen molar-refractivity contribution in [3.05, 3.63) is 68.5 Å². The Morgan fingerprint density at radius 2 is 1.72 bits per heavy atom. The van der Waals surface area contributed by atoms with Gasteiger partial charge in [-0.3, -0.25) is 0 Å². The highest BCUT2D eigenvalue weighted by atomic mass is 14.8. The second kappa shape index (κ2) is 3.20. The first-order valence-electron chi connectivity index (χ1n) is 6.26. The van der Waals surface area contributed by atoms with Crippen LogP contribution in [0.1, 0.15) is 11.1 Å². The second-order valence-electron chi connectivity index (χ2n) is 5.00. The lowest BCUT2D eigenvalue weighted by molar-refractivity contribution is 1.27. The zero-order chi connectivity index (χ0) is 12.3. The van der Waals surface area contributed by atoms with Crippen LogP contribution >= 0.6 is 0 Å². The molecule has 1 aliphatic heterocycles. The van der Waals surface area contributed by atoms with Crippen molar-refractivity contribution >= 4 is 17.3 Å². The number of fused-ring (bicyclic) bond motifs is 3. The Morgan fingerprint density at radius 3 is 2.61 bits per heavy atom. The number of hydrogen-bond donors (Lipinski definition) is 0. The molecule has 0 spiro atoms. The summed E-state index contributed by atoms with van der Waals surface area (Å²) in [5.41, 5.74) is 5.15. The number of hydrogen-bond acceptors (Lipinski definition) is 1. The first-order valence-corrected chi connectivity index (χ1v) is 6.26. The highest BCUT2D eigenvalue weighted by molar-refractivity contribution is 6.07. The molecule has 0 bridgehead atoms. The summed E-state index contributed by atoms with van der Waals surface area (Å²) in [5.74, 6) is 0. The number of para-hydroxylation sites is 1. The molecule has 86 valence electrons. The number of rotatable bonds is 0. The van der Waals surface area contributed by atoms with Crippen LogP contribution in [0, 0.1) is 13.8 Å². The third-order valence-corrected chi connectivity index (χ3v) is 4.01. The van der Waals surface area contributed by atoms with E-state index < -0.39 is 0 Å². The molecule has 1 heterocycles. The second-order valence-corrected chi connectivity index (χ2v) is 5.00. The zero-order valence-corrected chi connectivity index (χ0v) is 10.5. The summed E-state index contributed by atoms with van der Waals surface area (Å²) in [6, 6.07) is 12.8. The molecule has 0 amide bonds. The minimum atomic E-state index is 1.10. The summed E-state index contributed by atoms with van der Waals surface area (Å²) in [4.78, 5) is 4.77. The molecule has 0 unspecified atom stereocenters. The average Bonchev–Trinajstić information content (AvgIpc) is 2.90. The minimum absolute atomic E-state index is 1.10. The molecule has 0 fully saturated rings. The molecule has 4 rings (SSSR count). The van der Waals surface area contributed by atoms with Gasteiger partial charge in [-0.05, 0) is 42.3 Å². The molecule has 0 radical (unpaired) electrons. The van der Waals surface area contributed by atoms with Gasteiger partial charge in [-0.25, -0.2) is 4.99 Å². The van der Waals surface area contributed by atoms with E-state index in [0.29, 0.717) is 0 Å². The lowest BCUT2D eigenvalue weighted by Crippen LogP contribution is -2.27. The van der Waals surface area contributed by atoms with Crippen molar-refractivity contribution in [1.29, 1.82) is 0 Å². The van der Waals surface area contributed by atoms with E-state index in [2.05, 4.69) is 50.3 Å². The molecule has 0 atom stereocenters. The van der Waals surface area contributed by atoms with Gasteiger partial charge in [0.2, 0.25) is 0 Å². The standard InChI is InChI=1S/C17H13N/c1-10-7-8-13-14(11(10)2)9-15-12-5-3-4-6-16(12)18-17(13)15/h3-9H,1-2H3. The Bertz CT molecular complexity index is 931. The molecule has 1 aliphatic carbocycles. The Balaban J connectivity index is 2.27. The van der Waals surface area contributed by atoms with Gasteiger partial charge in [0.15, 0.2) is 0 Å².